The molecule has 0 saturated heterocycles. The van der Waals surface area contributed by atoms with Gasteiger partial charge in [-0.1, -0.05) is 35.5 Å². The van der Waals surface area contributed by atoms with Crippen LogP contribution in [0.3, 0.4) is 0 Å². The smallest absolute Gasteiger partial charge is 0.184 e. The number of Topliss-reactive ketones (excluding diaryl/α,β-unsaturated/α-hetero) is 1. The Morgan fingerprint density at radius 3 is 2.79 bits per heavy atom. The van der Waals surface area contributed by atoms with E-state index in [0.29, 0.717) is 25.2 Å². The Labute approximate surface area is 112 Å². The first-order valence-electron chi connectivity index (χ1n) is 6.47. The maximum atomic E-state index is 11.9. The molecule has 0 spiro atoms. The Morgan fingerprint density at radius 2 is 2.05 bits per heavy atom. The van der Waals surface area contributed by atoms with Crippen molar-refractivity contribution in [1.82, 2.24) is 15.0 Å². The van der Waals surface area contributed by atoms with Crippen molar-refractivity contribution in [2.24, 2.45) is 5.73 Å². The van der Waals surface area contributed by atoms with Gasteiger partial charge in [-0.15, -0.1) is 5.10 Å². The summed E-state index contributed by atoms with van der Waals surface area (Å²) < 4.78 is 1.60. The second-order valence-corrected chi connectivity index (χ2v) is 4.42. The first kappa shape index (κ1) is 13.4. The van der Waals surface area contributed by atoms with Crippen LogP contribution >= 0.6 is 0 Å². The lowest BCUT2D eigenvalue weighted by molar-refractivity contribution is 0.0975. The number of aromatic nitrogens is 3. The highest BCUT2D eigenvalue weighted by atomic mass is 16.1. The highest BCUT2D eigenvalue weighted by molar-refractivity contribution is 5.93. The van der Waals surface area contributed by atoms with E-state index in [4.69, 9.17) is 5.73 Å². The van der Waals surface area contributed by atoms with Crippen LogP contribution in [0, 0.1) is 0 Å². The molecule has 2 rings (SSSR count). The molecule has 5 nitrogen and oxygen atoms in total. The van der Waals surface area contributed by atoms with Gasteiger partial charge in [0.25, 0.3) is 0 Å². The van der Waals surface area contributed by atoms with E-state index >= 15 is 0 Å². The van der Waals surface area contributed by atoms with Crippen LogP contribution in [-0.4, -0.2) is 27.3 Å². The molecule has 1 heterocycles. The highest BCUT2D eigenvalue weighted by Gasteiger charge is 2.10. The predicted octanol–water partition coefficient (Wildman–Crippen LogP) is 1.44. The molecule has 100 valence electrons. The monoisotopic (exact) mass is 258 g/mol. The van der Waals surface area contributed by atoms with E-state index in [1.807, 2.05) is 18.2 Å². The average molecular weight is 258 g/mol. The SMILES string of the molecule is NCCn1cc(C(=O)CCCc2ccccc2)nn1. The quantitative estimate of drug-likeness (QED) is 0.763. The van der Waals surface area contributed by atoms with Gasteiger partial charge in [0.05, 0.1) is 12.7 Å². The van der Waals surface area contributed by atoms with E-state index in [1.54, 1.807) is 10.9 Å². The molecule has 0 unspecified atom stereocenters. The number of carbonyl (C=O) groups is 1. The fourth-order valence-corrected chi connectivity index (χ4v) is 1.89. The third-order valence-electron chi connectivity index (χ3n) is 2.89. The summed E-state index contributed by atoms with van der Waals surface area (Å²) >= 11 is 0. The van der Waals surface area contributed by atoms with E-state index in [-0.39, 0.29) is 5.78 Å². The zero-order chi connectivity index (χ0) is 13.5. The Kier molecular flexibility index (Phi) is 4.80. The molecule has 0 aliphatic heterocycles. The van der Waals surface area contributed by atoms with Gasteiger partial charge in [0, 0.05) is 13.0 Å². The first-order chi connectivity index (χ1) is 9.29. The number of hydrogen-bond acceptors (Lipinski definition) is 4. The summed E-state index contributed by atoms with van der Waals surface area (Å²) in [5.74, 6) is 0.0409. The molecule has 2 aromatic rings. The lowest BCUT2D eigenvalue weighted by Crippen LogP contribution is -2.10. The lowest BCUT2D eigenvalue weighted by Gasteiger charge is -1.99. The number of carbonyl (C=O) groups excluding carboxylic acids is 1. The van der Waals surface area contributed by atoms with Crippen LogP contribution in [0.4, 0.5) is 0 Å². The second kappa shape index (κ2) is 6.80. The molecule has 0 bridgehead atoms. The molecule has 0 amide bonds. The average Bonchev–Trinajstić information content (AvgIpc) is 2.89. The minimum atomic E-state index is 0.0409. The van der Waals surface area contributed by atoms with E-state index in [1.165, 1.54) is 5.56 Å². The third-order valence-corrected chi connectivity index (χ3v) is 2.89. The molecule has 0 aliphatic rings. The van der Waals surface area contributed by atoms with E-state index in [9.17, 15) is 4.79 Å². The highest BCUT2D eigenvalue weighted by Crippen LogP contribution is 2.07. The van der Waals surface area contributed by atoms with Crippen LogP contribution in [0.2, 0.25) is 0 Å². The van der Waals surface area contributed by atoms with Gasteiger partial charge in [0.1, 0.15) is 5.69 Å². The van der Waals surface area contributed by atoms with Crippen molar-refractivity contribution in [1.29, 1.82) is 0 Å². The standard InChI is InChI=1S/C14H18N4O/c15-9-10-18-11-13(16-17-18)14(19)8-4-7-12-5-2-1-3-6-12/h1-3,5-6,11H,4,7-10,15H2. The fourth-order valence-electron chi connectivity index (χ4n) is 1.89. The summed E-state index contributed by atoms with van der Waals surface area (Å²) in [6.45, 7) is 1.08. The van der Waals surface area contributed by atoms with Crippen LogP contribution in [0.25, 0.3) is 0 Å². The Balaban J connectivity index is 1.80. The van der Waals surface area contributed by atoms with Crippen LogP contribution < -0.4 is 5.73 Å². The summed E-state index contributed by atoms with van der Waals surface area (Å²) in [7, 11) is 0. The van der Waals surface area contributed by atoms with Gasteiger partial charge in [-0.25, -0.2) is 0 Å². The van der Waals surface area contributed by atoms with Crippen LogP contribution in [0.5, 0.6) is 0 Å². The Bertz CT molecular complexity index is 521. The van der Waals surface area contributed by atoms with Gasteiger partial charge >= 0.3 is 0 Å². The fraction of sp³-hybridized carbons (Fsp3) is 0.357. The molecule has 0 aliphatic carbocycles. The van der Waals surface area contributed by atoms with Crippen molar-refractivity contribution in [2.75, 3.05) is 6.54 Å². The lowest BCUT2D eigenvalue weighted by atomic mass is 10.1. The van der Waals surface area contributed by atoms with Crippen LogP contribution in [0.1, 0.15) is 28.9 Å². The van der Waals surface area contributed by atoms with Crippen molar-refractivity contribution in [3.8, 4) is 0 Å². The maximum absolute atomic E-state index is 11.9. The van der Waals surface area contributed by atoms with E-state index in [0.717, 1.165) is 12.8 Å². The molecule has 0 atom stereocenters. The number of rotatable bonds is 7. The minimum Gasteiger partial charge on any atom is -0.329 e. The normalized spacial score (nSPS) is 10.6. The molecular formula is C14H18N4O. The van der Waals surface area contributed by atoms with E-state index < -0.39 is 0 Å². The van der Waals surface area contributed by atoms with Gasteiger partial charge in [-0.3, -0.25) is 9.48 Å². The van der Waals surface area contributed by atoms with E-state index in [2.05, 4.69) is 22.4 Å². The topological polar surface area (TPSA) is 73.8 Å². The maximum Gasteiger partial charge on any atom is 0.184 e. The zero-order valence-electron chi connectivity index (χ0n) is 10.8. The van der Waals surface area contributed by atoms with Gasteiger partial charge < -0.3 is 5.73 Å². The second-order valence-electron chi connectivity index (χ2n) is 4.42. The number of hydrogen-bond donors (Lipinski definition) is 1. The van der Waals surface area contributed by atoms with Crippen molar-refractivity contribution in [3.05, 3.63) is 47.8 Å². The summed E-state index contributed by atoms with van der Waals surface area (Å²) in [5.41, 5.74) is 7.10. The number of nitrogens with two attached hydrogens (primary N) is 1. The molecule has 1 aromatic carbocycles. The summed E-state index contributed by atoms with van der Waals surface area (Å²) in [5, 5.41) is 7.73. The molecule has 19 heavy (non-hydrogen) atoms. The zero-order valence-corrected chi connectivity index (χ0v) is 10.8. The van der Waals surface area contributed by atoms with Crippen molar-refractivity contribution >= 4 is 5.78 Å². The molecule has 0 radical (unpaired) electrons. The largest absolute Gasteiger partial charge is 0.329 e. The molecule has 2 N–H and O–H groups in total. The molecule has 1 aromatic heterocycles. The van der Waals surface area contributed by atoms with Crippen molar-refractivity contribution < 1.29 is 4.79 Å². The van der Waals surface area contributed by atoms with Gasteiger partial charge in [0.2, 0.25) is 0 Å². The number of ketones is 1. The molecule has 5 heteroatoms. The van der Waals surface area contributed by atoms with Gasteiger partial charge in [0.15, 0.2) is 5.78 Å². The number of benzene rings is 1. The number of aryl methyl sites for hydroxylation is 1. The number of nitrogens with zero attached hydrogens (tertiary/aromatic N) is 3. The molecule has 0 saturated carbocycles. The summed E-state index contributed by atoms with van der Waals surface area (Å²) in [6, 6.07) is 10.2. The summed E-state index contributed by atoms with van der Waals surface area (Å²) in [4.78, 5) is 11.9. The molecule has 0 fully saturated rings. The summed E-state index contributed by atoms with van der Waals surface area (Å²) in [6.07, 6.45) is 3.89. The van der Waals surface area contributed by atoms with Crippen LogP contribution in [-0.2, 0) is 13.0 Å². The third kappa shape index (κ3) is 3.99. The van der Waals surface area contributed by atoms with Crippen molar-refractivity contribution in [3.63, 3.8) is 0 Å². The Hall–Kier alpha value is -2.01. The predicted molar refractivity (Wildman–Crippen MR) is 72.8 cm³/mol. The van der Waals surface area contributed by atoms with Gasteiger partial charge in [-0.2, -0.15) is 0 Å². The van der Waals surface area contributed by atoms with Crippen molar-refractivity contribution in [2.45, 2.75) is 25.8 Å². The van der Waals surface area contributed by atoms with Gasteiger partial charge in [-0.05, 0) is 18.4 Å². The molecular weight excluding hydrogens is 240 g/mol. The minimum absolute atomic E-state index is 0.0409. The van der Waals surface area contributed by atoms with Crippen LogP contribution in [0.15, 0.2) is 36.5 Å². The first-order valence-corrected chi connectivity index (χ1v) is 6.47. The Morgan fingerprint density at radius 1 is 1.26 bits per heavy atom.